The van der Waals surface area contributed by atoms with Gasteiger partial charge in [-0.1, -0.05) is 4.68 Å². The van der Waals surface area contributed by atoms with Crippen LogP contribution in [0.5, 0.6) is 0 Å². The van der Waals surface area contributed by atoms with Gasteiger partial charge < -0.3 is 15.2 Å². The maximum atomic E-state index is 12.3. The zero-order valence-corrected chi connectivity index (χ0v) is 15.9. The average molecular weight is 394 g/mol. The Kier molecular flexibility index (Phi) is 5.42. The lowest BCUT2D eigenvalue weighted by Gasteiger charge is -2.50. The predicted molar refractivity (Wildman–Crippen MR) is 95.4 cm³/mol. The number of fused-ring (bicyclic) bond motifs is 1. The van der Waals surface area contributed by atoms with Crippen molar-refractivity contribution in [2.75, 3.05) is 24.0 Å². The van der Waals surface area contributed by atoms with Gasteiger partial charge in [-0.05, 0) is 5.57 Å². The summed E-state index contributed by atoms with van der Waals surface area (Å²) in [5.74, 6) is -1.16. The quantitative estimate of drug-likeness (QED) is 0.350. The van der Waals surface area contributed by atoms with Crippen molar-refractivity contribution in [3.8, 4) is 0 Å². The van der Waals surface area contributed by atoms with Gasteiger partial charge in [0.25, 0.3) is 5.91 Å². The molecule has 2 amide bonds. The summed E-state index contributed by atoms with van der Waals surface area (Å²) in [5, 5.41) is 13.8. The monoisotopic (exact) mass is 394 g/mol. The number of pyridine rings is 1. The SMILES string of the molecule is CN[n+]1ccc(SCC2=C(C(=O)[O-])N3C(=O)C(NC(C)=O)C3SC2)cc1. The van der Waals surface area contributed by atoms with Crippen LogP contribution in [0, 0.1) is 0 Å². The van der Waals surface area contributed by atoms with E-state index in [-0.39, 0.29) is 17.0 Å². The molecule has 3 heterocycles. The van der Waals surface area contributed by atoms with Crippen LogP contribution >= 0.6 is 23.5 Å². The first-order chi connectivity index (χ1) is 12.4. The molecule has 0 bridgehead atoms. The second-order valence-electron chi connectivity index (χ2n) is 5.78. The lowest BCUT2D eigenvalue weighted by Crippen LogP contribution is -2.71. The highest BCUT2D eigenvalue weighted by Gasteiger charge is 2.52. The lowest BCUT2D eigenvalue weighted by atomic mass is 10.0. The van der Waals surface area contributed by atoms with Crippen molar-refractivity contribution in [3.05, 3.63) is 35.8 Å². The molecule has 2 aliphatic heterocycles. The molecular formula is C16H18N4O4S2. The van der Waals surface area contributed by atoms with Crippen LogP contribution in [-0.2, 0) is 14.4 Å². The van der Waals surface area contributed by atoms with Crippen molar-refractivity contribution >= 4 is 41.3 Å². The minimum Gasteiger partial charge on any atom is -0.543 e. The Balaban J connectivity index is 1.75. The summed E-state index contributed by atoms with van der Waals surface area (Å²) in [5.41, 5.74) is 3.55. The van der Waals surface area contributed by atoms with E-state index in [0.29, 0.717) is 17.1 Å². The van der Waals surface area contributed by atoms with Crippen LogP contribution in [-0.4, -0.2) is 52.7 Å². The topological polar surface area (TPSA) is 105 Å². The second-order valence-corrected chi connectivity index (χ2v) is 7.93. The van der Waals surface area contributed by atoms with E-state index in [4.69, 9.17) is 0 Å². The minimum atomic E-state index is -1.36. The number of nitrogens with one attached hydrogen (secondary N) is 2. The van der Waals surface area contributed by atoms with Crippen molar-refractivity contribution in [2.45, 2.75) is 23.2 Å². The first-order valence-electron chi connectivity index (χ1n) is 7.89. The van der Waals surface area contributed by atoms with Gasteiger partial charge in [0.15, 0.2) is 0 Å². The Morgan fingerprint density at radius 1 is 1.42 bits per heavy atom. The molecule has 1 aromatic heterocycles. The van der Waals surface area contributed by atoms with Crippen LogP contribution in [0.3, 0.4) is 0 Å². The number of aromatic nitrogens is 1. The van der Waals surface area contributed by atoms with E-state index in [9.17, 15) is 19.5 Å². The van der Waals surface area contributed by atoms with Crippen LogP contribution < -0.4 is 20.5 Å². The van der Waals surface area contributed by atoms with E-state index >= 15 is 0 Å². The molecule has 2 atom stereocenters. The average Bonchev–Trinajstić information content (AvgIpc) is 2.63. The van der Waals surface area contributed by atoms with E-state index in [0.717, 1.165) is 4.90 Å². The molecule has 1 aromatic rings. The molecule has 138 valence electrons. The van der Waals surface area contributed by atoms with Crippen molar-refractivity contribution in [2.24, 2.45) is 0 Å². The fourth-order valence-electron chi connectivity index (χ4n) is 2.83. The number of hydrogen-bond acceptors (Lipinski definition) is 7. The van der Waals surface area contributed by atoms with Gasteiger partial charge in [-0.25, -0.2) is 0 Å². The molecule has 0 saturated carbocycles. The maximum Gasteiger partial charge on any atom is 0.253 e. The first-order valence-corrected chi connectivity index (χ1v) is 9.93. The molecule has 3 rings (SSSR count). The normalized spacial score (nSPS) is 21.8. The van der Waals surface area contributed by atoms with Gasteiger partial charge in [-0.2, -0.15) is 5.43 Å². The number of carboxylic acids is 1. The Hall–Kier alpha value is -2.20. The second kappa shape index (κ2) is 7.58. The molecule has 2 unspecified atom stereocenters. The van der Waals surface area contributed by atoms with Gasteiger partial charge in [0.2, 0.25) is 18.3 Å². The Bertz CT molecular complexity index is 781. The zero-order chi connectivity index (χ0) is 18.8. The van der Waals surface area contributed by atoms with Crippen LogP contribution in [0.25, 0.3) is 0 Å². The third kappa shape index (κ3) is 3.51. The van der Waals surface area contributed by atoms with E-state index in [2.05, 4.69) is 10.7 Å². The molecular weight excluding hydrogens is 376 g/mol. The largest absolute Gasteiger partial charge is 0.543 e. The number of hydrogen-bond donors (Lipinski definition) is 2. The van der Waals surface area contributed by atoms with Crippen molar-refractivity contribution < 1.29 is 24.2 Å². The smallest absolute Gasteiger partial charge is 0.253 e. The zero-order valence-electron chi connectivity index (χ0n) is 14.2. The number of carbonyl (C=O) groups is 3. The number of amides is 2. The van der Waals surface area contributed by atoms with Crippen molar-refractivity contribution in [1.29, 1.82) is 0 Å². The number of carbonyl (C=O) groups excluding carboxylic acids is 3. The molecule has 2 N–H and O–H groups in total. The van der Waals surface area contributed by atoms with Crippen LogP contribution in [0.1, 0.15) is 6.92 Å². The van der Waals surface area contributed by atoms with Gasteiger partial charge in [0.05, 0.1) is 18.7 Å². The summed E-state index contributed by atoms with van der Waals surface area (Å²) >= 11 is 2.95. The number of carboxylic acid groups (broad SMARTS) is 1. The van der Waals surface area contributed by atoms with Gasteiger partial charge in [-0.3, -0.25) is 14.5 Å². The molecule has 1 saturated heterocycles. The number of nitrogens with zero attached hydrogens (tertiary/aromatic N) is 2. The molecule has 0 aromatic carbocycles. The van der Waals surface area contributed by atoms with Gasteiger partial charge in [-0.15, -0.1) is 23.5 Å². The van der Waals surface area contributed by atoms with Crippen LogP contribution in [0.2, 0.25) is 0 Å². The van der Waals surface area contributed by atoms with E-state index in [1.54, 1.807) is 11.7 Å². The fourth-order valence-corrected chi connectivity index (χ4v) is 5.20. The van der Waals surface area contributed by atoms with Crippen LogP contribution in [0.4, 0.5) is 0 Å². The Morgan fingerprint density at radius 2 is 2.12 bits per heavy atom. The Labute approximate surface area is 159 Å². The fraction of sp³-hybridized carbons (Fsp3) is 0.375. The van der Waals surface area contributed by atoms with Gasteiger partial charge >= 0.3 is 0 Å². The first kappa shape index (κ1) is 18.6. The standard InChI is InChI=1S/C16H18N4O4S2/c1-9(21)18-12-14(22)20-13(16(23)24)10(8-26-15(12)20)7-25-11-3-5-19(17-2)6-4-11/h3-6,12,15,17H,7-8H2,1-2H3,(H-,18,21,23,24). The van der Waals surface area contributed by atoms with Gasteiger partial charge in [0.1, 0.15) is 11.4 Å². The lowest BCUT2D eigenvalue weighted by molar-refractivity contribution is -0.647. The molecule has 0 radical (unpaired) electrons. The van der Waals surface area contributed by atoms with E-state index < -0.39 is 17.9 Å². The van der Waals surface area contributed by atoms with E-state index in [1.165, 1.54) is 35.3 Å². The summed E-state index contributed by atoms with van der Waals surface area (Å²) < 4.78 is 1.79. The predicted octanol–water partition coefficient (Wildman–Crippen LogP) is -1.34. The van der Waals surface area contributed by atoms with Gasteiger partial charge in [0, 0.05) is 35.5 Å². The summed E-state index contributed by atoms with van der Waals surface area (Å²) in [6.07, 6.45) is 3.72. The maximum absolute atomic E-state index is 12.3. The number of thioether (sulfide) groups is 2. The Morgan fingerprint density at radius 3 is 2.69 bits per heavy atom. The number of rotatable bonds is 6. The van der Waals surface area contributed by atoms with Crippen LogP contribution in [0.15, 0.2) is 40.7 Å². The summed E-state index contributed by atoms with van der Waals surface area (Å²) in [6.45, 7) is 1.33. The molecule has 8 nitrogen and oxygen atoms in total. The molecule has 26 heavy (non-hydrogen) atoms. The highest BCUT2D eigenvalue weighted by atomic mass is 32.2. The van der Waals surface area contributed by atoms with Crippen molar-refractivity contribution in [1.82, 2.24) is 10.2 Å². The third-order valence-corrected chi connectivity index (χ3v) is 6.51. The molecule has 0 spiro atoms. The molecule has 10 heteroatoms. The molecule has 1 fully saturated rings. The molecule has 2 aliphatic rings. The highest BCUT2D eigenvalue weighted by Crippen LogP contribution is 2.41. The summed E-state index contributed by atoms with van der Waals surface area (Å²) in [6, 6.07) is 3.16. The number of aliphatic carboxylic acids is 1. The molecule has 0 aliphatic carbocycles. The highest BCUT2D eigenvalue weighted by molar-refractivity contribution is 8.01. The summed E-state index contributed by atoms with van der Waals surface area (Å²) in [4.78, 5) is 37.4. The van der Waals surface area contributed by atoms with E-state index in [1.807, 2.05) is 24.5 Å². The minimum absolute atomic E-state index is 0.0610. The summed E-state index contributed by atoms with van der Waals surface area (Å²) in [7, 11) is 1.80. The van der Waals surface area contributed by atoms with Crippen molar-refractivity contribution in [3.63, 3.8) is 0 Å². The third-order valence-electron chi connectivity index (χ3n) is 4.07. The number of β-lactam (4-membered cyclic amide) rings is 1.